The van der Waals surface area contributed by atoms with Gasteiger partial charge < -0.3 is 10.1 Å². The van der Waals surface area contributed by atoms with Gasteiger partial charge in [-0.25, -0.2) is 4.79 Å². The molecule has 1 amide bonds. The number of carbonyl (C=O) groups is 2. The number of hydrogen-bond donors (Lipinski definition) is 1. The third kappa shape index (κ3) is 4.60. The molecule has 0 saturated carbocycles. The average Bonchev–Trinajstić information content (AvgIpc) is 2.99. The number of hydrogen-bond acceptors (Lipinski definition) is 6. The molecule has 0 saturated heterocycles. The molecule has 0 unspecified atom stereocenters. The van der Waals surface area contributed by atoms with Crippen LogP contribution < -0.4 is 5.32 Å². The Morgan fingerprint density at radius 3 is 2.70 bits per heavy atom. The number of halogens is 1. The molecule has 0 aliphatic carbocycles. The van der Waals surface area contributed by atoms with Crippen molar-refractivity contribution in [3.05, 3.63) is 55.4 Å². The summed E-state index contributed by atoms with van der Waals surface area (Å²) in [5, 5.41) is 13.0. The van der Waals surface area contributed by atoms with Gasteiger partial charge in [0, 0.05) is 16.2 Å². The first-order chi connectivity index (χ1) is 10.9. The lowest BCUT2D eigenvalue weighted by Gasteiger charge is -2.07. The van der Waals surface area contributed by atoms with E-state index >= 15 is 0 Å². The van der Waals surface area contributed by atoms with E-state index in [1.807, 2.05) is 13.0 Å². The number of esters is 1. The van der Waals surface area contributed by atoms with Crippen molar-refractivity contribution >= 4 is 49.8 Å². The van der Waals surface area contributed by atoms with Gasteiger partial charge in [0.15, 0.2) is 6.61 Å². The lowest BCUT2D eigenvalue weighted by Crippen LogP contribution is -2.20. The molecule has 0 aliphatic rings. The van der Waals surface area contributed by atoms with E-state index in [0.717, 1.165) is 10.0 Å². The molecule has 2 rings (SSSR count). The maximum atomic E-state index is 11.7. The van der Waals surface area contributed by atoms with E-state index in [1.54, 1.807) is 12.1 Å². The van der Waals surface area contributed by atoms with Crippen LogP contribution in [0.5, 0.6) is 0 Å². The van der Waals surface area contributed by atoms with Crippen molar-refractivity contribution in [3.8, 4) is 0 Å². The zero-order valence-corrected chi connectivity index (χ0v) is 14.3. The highest BCUT2D eigenvalue weighted by Crippen LogP contribution is 2.24. The zero-order chi connectivity index (χ0) is 17.0. The van der Waals surface area contributed by atoms with Gasteiger partial charge in [0.1, 0.15) is 4.88 Å². The topological polar surface area (TPSA) is 98.5 Å². The number of rotatable bonds is 5. The van der Waals surface area contributed by atoms with Crippen LogP contribution >= 0.6 is 27.3 Å². The summed E-state index contributed by atoms with van der Waals surface area (Å²) in [6.45, 7) is 1.44. The zero-order valence-electron chi connectivity index (χ0n) is 11.9. The molecule has 1 aromatic carbocycles. The molecule has 1 heterocycles. The number of nitro groups is 1. The summed E-state index contributed by atoms with van der Waals surface area (Å²) < 4.78 is 5.68. The molecule has 0 spiro atoms. The molecule has 0 bridgehead atoms. The van der Waals surface area contributed by atoms with E-state index in [0.29, 0.717) is 17.0 Å². The molecule has 0 aliphatic heterocycles. The van der Waals surface area contributed by atoms with Gasteiger partial charge >= 0.3 is 11.0 Å². The summed E-state index contributed by atoms with van der Waals surface area (Å²) in [7, 11) is 0. The Labute approximate surface area is 143 Å². The quantitative estimate of drug-likeness (QED) is 0.471. The minimum Gasteiger partial charge on any atom is -0.451 e. The van der Waals surface area contributed by atoms with Crippen LogP contribution in [-0.4, -0.2) is 23.4 Å². The standard InChI is InChI=1S/C14H11BrN2O5S/c1-8-2-3-9(6-10(8)15)16-12(18)7-22-14(19)11-4-5-13(23-11)17(20)21/h2-6H,7H2,1H3,(H,16,18). The third-order valence-corrected chi connectivity index (χ3v) is 4.63. The van der Waals surface area contributed by atoms with Crippen LogP contribution in [0.3, 0.4) is 0 Å². The van der Waals surface area contributed by atoms with Gasteiger partial charge in [0.25, 0.3) is 5.91 Å². The van der Waals surface area contributed by atoms with Gasteiger partial charge in [0.2, 0.25) is 0 Å². The predicted molar refractivity (Wildman–Crippen MR) is 88.8 cm³/mol. The minimum atomic E-state index is -0.775. The fourth-order valence-electron chi connectivity index (χ4n) is 1.61. The van der Waals surface area contributed by atoms with E-state index in [2.05, 4.69) is 21.2 Å². The van der Waals surface area contributed by atoms with Crippen molar-refractivity contribution in [2.45, 2.75) is 6.92 Å². The van der Waals surface area contributed by atoms with Gasteiger partial charge in [-0.3, -0.25) is 14.9 Å². The van der Waals surface area contributed by atoms with Crippen molar-refractivity contribution in [3.63, 3.8) is 0 Å². The highest BCUT2D eigenvalue weighted by molar-refractivity contribution is 9.10. The second-order valence-electron chi connectivity index (χ2n) is 4.48. The maximum Gasteiger partial charge on any atom is 0.349 e. The highest BCUT2D eigenvalue weighted by atomic mass is 79.9. The molecule has 120 valence electrons. The summed E-state index contributed by atoms with van der Waals surface area (Å²) in [6, 6.07) is 7.79. The Balaban J connectivity index is 1.89. The first-order valence-corrected chi connectivity index (χ1v) is 7.95. The summed E-state index contributed by atoms with van der Waals surface area (Å²) in [6.07, 6.45) is 0. The number of carbonyl (C=O) groups excluding carboxylic acids is 2. The van der Waals surface area contributed by atoms with E-state index in [4.69, 9.17) is 4.74 Å². The second kappa shape index (κ2) is 7.34. The molecular weight excluding hydrogens is 388 g/mol. The number of amides is 1. The van der Waals surface area contributed by atoms with Crippen molar-refractivity contribution < 1.29 is 19.2 Å². The smallest absolute Gasteiger partial charge is 0.349 e. The monoisotopic (exact) mass is 398 g/mol. The lowest BCUT2D eigenvalue weighted by molar-refractivity contribution is -0.380. The first-order valence-electron chi connectivity index (χ1n) is 6.34. The largest absolute Gasteiger partial charge is 0.451 e. The number of aryl methyl sites for hydroxylation is 1. The number of nitrogens with one attached hydrogen (secondary N) is 1. The Morgan fingerprint density at radius 1 is 1.35 bits per heavy atom. The molecular formula is C14H11BrN2O5S. The fraction of sp³-hybridized carbons (Fsp3) is 0.143. The van der Waals surface area contributed by atoms with Gasteiger partial charge in [-0.1, -0.05) is 33.3 Å². The van der Waals surface area contributed by atoms with Crippen molar-refractivity contribution in [1.29, 1.82) is 0 Å². The van der Waals surface area contributed by atoms with Crippen LogP contribution in [0.4, 0.5) is 10.7 Å². The molecule has 0 atom stereocenters. The van der Waals surface area contributed by atoms with Crippen molar-refractivity contribution in [2.24, 2.45) is 0 Å². The van der Waals surface area contributed by atoms with Crippen LogP contribution in [0, 0.1) is 17.0 Å². The molecule has 23 heavy (non-hydrogen) atoms. The van der Waals surface area contributed by atoms with Crippen LogP contribution in [-0.2, 0) is 9.53 Å². The molecule has 9 heteroatoms. The maximum absolute atomic E-state index is 11.7. The van der Waals surface area contributed by atoms with Gasteiger partial charge in [-0.05, 0) is 30.7 Å². The van der Waals surface area contributed by atoms with E-state index < -0.39 is 23.4 Å². The Morgan fingerprint density at radius 2 is 2.09 bits per heavy atom. The SMILES string of the molecule is Cc1ccc(NC(=O)COC(=O)c2ccc([N+](=O)[O-])s2)cc1Br. The fourth-order valence-corrected chi connectivity index (χ4v) is 2.70. The van der Waals surface area contributed by atoms with Gasteiger partial charge in [-0.2, -0.15) is 0 Å². The molecule has 2 aromatic rings. The minimum absolute atomic E-state index is 0.0718. The van der Waals surface area contributed by atoms with Gasteiger partial charge in [-0.15, -0.1) is 0 Å². The van der Waals surface area contributed by atoms with Crippen LogP contribution in [0.15, 0.2) is 34.8 Å². The van der Waals surface area contributed by atoms with E-state index in [9.17, 15) is 19.7 Å². The Kier molecular flexibility index (Phi) is 5.45. The molecule has 7 nitrogen and oxygen atoms in total. The predicted octanol–water partition coefficient (Wildman–Crippen LogP) is 3.52. The normalized spacial score (nSPS) is 10.2. The number of anilines is 1. The van der Waals surface area contributed by atoms with Crippen LogP contribution in [0.1, 0.15) is 15.2 Å². The van der Waals surface area contributed by atoms with E-state index in [1.165, 1.54) is 12.1 Å². The molecule has 0 radical (unpaired) electrons. The number of nitrogens with zero attached hydrogens (tertiary/aromatic N) is 1. The number of benzene rings is 1. The number of thiophene rings is 1. The average molecular weight is 399 g/mol. The third-order valence-electron chi connectivity index (χ3n) is 2.76. The van der Waals surface area contributed by atoms with Crippen LogP contribution in [0.2, 0.25) is 0 Å². The Bertz CT molecular complexity index is 774. The summed E-state index contributed by atoms with van der Waals surface area (Å²) >= 11 is 4.05. The van der Waals surface area contributed by atoms with E-state index in [-0.39, 0.29) is 9.88 Å². The first kappa shape index (κ1) is 17.1. The summed E-state index contributed by atoms with van der Waals surface area (Å²) in [5.41, 5.74) is 1.59. The molecule has 0 fully saturated rings. The number of ether oxygens (including phenoxy) is 1. The molecule has 1 N–H and O–H groups in total. The summed E-state index contributed by atoms with van der Waals surface area (Å²) in [4.78, 5) is 33.5. The van der Waals surface area contributed by atoms with Crippen molar-refractivity contribution in [2.75, 3.05) is 11.9 Å². The second-order valence-corrected chi connectivity index (χ2v) is 6.40. The Hall–Kier alpha value is -2.26. The van der Waals surface area contributed by atoms with Crippen molar-refractivity contribution in [1.82, 2.24) is 0 Å². The van der Waals surface area contributed by atoms with Gasteiger partial charge in [0.05, 0.1) is 4.92 Å². The lowest BCUT2D eigenvalue weighted by atomic mass is 10.2. The highest BCUT2D eigenvalue weighted by Gasteiger charge is 2.17. The summed E-state index contributed by atoms with van der Waals surface area (Å²) in [5.74, 6) is -1.27. The molecule has 1 aromatic heterocycles. The van der Waals surface area contributed by atoms with Crippen LogP contribution in [0.25, 0.3) is 0 Å².